The summed E-state index contributed by atoms with van der Waals surface area (Å²) in [5, 5.41) is 3.52. The fourth-order valence-corrected chi connectivity index (χ4v) is 8.24. The maximum absolute atomic E-state index is 13.7. The maximum atomic E-state index is 13.7. The molecule has 0 aliphatic heterocycles. The van der Waals surface area contributed by atoms with Gasteiger partial charge in [-0.1, -0.05) is 30.3 Å². The third-order valence-corrected chi connectivity index (χ3v) is 9.65. The third-order valence-electron chi connectivity index (χ3n) is 9.65. The molecule has 2 unspecified atom stereocenters. The van der Waals surface area contributed by atoms with E-state index in [1.165, 1.54) is 31.2 Å². The summed E-state index contributed by atoms with van der Waals surface area (Å²) in [5.41, 5.74) is 8.32. The van der Waals surface area contributed by atoms with E-state index in [0.29, 0.717) is 23.4 Å². The lowest BCUT2D eigenvalue weighted by molar-refractivity contribution is -0.162. The molecule has 150 valence electrons. The first-order chi connectivity index (χ1) is 13.5. The summed E-state index contributed by atoms with van der Waals surface area (Å²) >= 11 is 0. The van der Waals surface area contributed by atoms with Crippen molar-refractivity contribution in [1.29, 1.82) is 0 Å². The predicted octanol–water partition coefficient (Wildman–Crippen LogP) is 4.30. The van der Waals surface area contributed by atoms with Crippen molar-refractivity contribution in [2.24, 2.45) is 28.4 Å². The number of nitrogens with one attached hydrogen (secondary N) is 1. The van der Waals surface area contributed by atoms with Gasteiger partial charge in [0, 0.05) is 12.1 Å². The Labute approximate surface area is 168 Å². The zero-order valence-electron chi connectivity index (χ0n) is 17.0. The lowest BCUT2D eigenvalue weighted by Crippen LogP contribution is -2.63. The topological polar surface area (TPSA) is 55.1 Å². The van der Waals surface area contributed by atoms with Crippen LogP contribution in [0.25, 0.3) is 0 Å². The van der Waals surface area contributed by atoms with Gasteiger partial charge in [0.05, 0.1) is 5.41 Å². The van der Waals surface area contributed by atoms with E-state index in [1.807, 2.05) is 0 Å². The van der Waals surface area contributed by atoms with Gasteiger partial charge in [0.15, 0.2) is 0 Å². The van der Waals surface area contributed by atoms with Gasteiger partial charge < -0.3 is 11.1 Å². The normalized spacial score (nSPS) is 45.2. The second-order valence-electron chi connectivity index (χ2n) is 11.1. The van der Waals surface area contributed by atoms with Crippen molar-refractivity contribution >= 4 is 5.91 Å². The van der Waals surface area contributed by atoms with Gasteiger partial charge in [-0.25, -0.2) is 0 Å². The standard InChI is InChI=1S/C25H34N2O/c26-20-6-8-21(9-7-20)27-22(28)24-14-18-12-23(16-24,17-4-2-1-3-5-17)13-19(15-24)25(18)10-11-25/h1-5,18-21H,6-16,26H2,(H,27,28)/t18?,19?,20-,21-,23?,24?. The minimum atomic E-state index is -0.116. The Morgan fingerprint density at radius 2 is 1.57 bits per heavy atom. The van der Waals surface area contributed by atoms with E-state index in [1.54, 1.807) is 0 Å². The Morgan fingerprint density at radius 1 is 0.929 bits per heavy atom. The Balaban J connectivity index is 1.31. The molecule has 1 aromatic carbocycles. The van der Waals surface area contributed by atoms with Crippen LogP contribution in [0.1, 0.15) is 76.2 Å². The number of benzene rings is 1. The molecule has 1 aromatic rings. The van der Waals surface area contributed by atoms with Crippen LogP contribution in [0.15, 0.2) is 30.3 Å². The van der Waals surface area contributed by atoms with Gasteiger partial charge >= 0.3 is 0 Å². The minimum Gasteiger partial charge on any atom is -0.353 e. The fraction of sp³-hybridized carbons (Fsp3) is 0.720. The highest BCUT2D eigenvalue weighted by Crippen LogP contribution is 2.77. The van der Waals surface area contributed by atoms with Crippen LogP contribution in [0.2, 0.25) is 0 Å². The quantitative estimate of drug-likeness (QED) is 0.824. The van der Waals surface area contributed by atoms with Gasteiger partial charge in [-0.3, -0.25) is 4.79 Å². The fourth-order valence-electron chi connectivity index (χ4n) is 8.24. The molecule has 6 fully saturated rings. The van der Waals surface area contributed by atoms with Gasteiger partial charge in [0.1, 0.15) is 0 Å². The van der Waals surface area contributed by atoms with Crippen LogP contribution < -0.4 is 11.1 Å². The zero-order chi connectivity index (χ0) is 19.0. The molecule has 0 saturated heterocycles. The average molecular weight is 379 g/mol. The predicted molar refractivity (Wildman–Crippen MR) is 111 cm³/mol. The van der Waals surface area contributed by atoms with E-state index in [-0.39, 0.29) is 10.8 Å². The smallest absolute Gasteiger partial charge is 0.226 e. The SMILES string of the molecule is N[C@H]1CC[C@H](NC(=O)C23CC4CC(c5ccccc5)(CC(C2)C42CC2)C3)CC1. The van der Waals surface area contributed by atoms with Gasteiger partial charge in [0.2, 0.25) is 5.91 Å². The number of carbonyl (C=O) groups excluding carboxylic acids is 1. The number of carbonyl (C=O) groups is 1. The van der Waals surface area contributed by atoms with E-state index in [4.69, 9.17) is 5.73 Å². The second-order valence-corrected chi connectivity index (χ2v) is 11.1. The third kappa shape index (κ3) is 2.41. The Kier molecular flexibility index (Phi) is 3.65. The van der Waals surface area contributed by atoms with Crippen molar-refractivity contribution in [2.45, 2.75) is 88.1 Å². The summed E-state index contributed by atoms with van der Waals surface area (Å²) in [4.78, 5) is 13.7. The molecule has 0 heterocycles. The number of amides is 1. The van der Waals surface area contributed by atoms with Crippen LogP contribution in [0.5, 0.6) is 0 Å². The lowest BCUT2D eigenvalue weighted by atomic mass is 9.39. The highest BCUT2D eigenvalue weighted by atomic mass is 16.2. The van der Waals surface area contributed by atoms with Crippen molar-refractivity contribution < 1.29 is 4.79 Å². The van der Waals surface area contributed by atoms with Crippen LogP contribution in [-0.4, -0.2) is 18.0 Å². The summed E-state index contributed by atoms with van der Waals surface area (Å²) in [5.74, 6) is 1.91. The summed E-state index contributed by atoms with van der Waals surface area (Å²) in [6.07, 6.45) is 13.1. The molecule has 0 aromatic heterocycles. The van der Waals surface area contributed by atoms with Crippen LogP contribution in [-0.2, 0) is 10.2 Å². The first-order valence-corrected chi connectivity index (χ1v) is 11.7. The van der Waals surface area contributed by atoms with Gasteiger partial charge in [0.25, 0.3) is 0 Å². The maximum Gasteiger partial charge on any atom is 0.226 e. The summed E-state index contributed by atoms with van der Waals surface area (Å²) in [7, 11) is 0. The molecule has 6 aliphatic rings. The largest absolute Gasteiger partial charge is 0.353 e. The van der Waals surface area contributed by atoms with Crippen molar-refractivity contribution in [1.82, 2.24) is 5.32 Å². The van der Waals surface area contributed by atoms with Gasteiger partial charge in [-0.05, 0) is 98.9 Å². The van der Waals surface area contributed by atoms with Gasteiger partial charge in [-0.2, -0.15) is 0 Å². The van der Waals surface area contributed by atoms with E-state index < -0.39 is 0 Å². The van der Waals surface area contributed by atoms with Crippen LogP contribution in [0, 0.1) is 22.7 Å². The number of rotatable bonds is 3. The van der Waals surface area contributed by atoms with Crippen molar-refractivity contribution in [2.75, 3.05) is 0 Å². The molecule has 2 atom stereocenters. The van der Waals surface area contributed by atoms with Crippen LogP contribution >= 0.6 is 0 Å². The summed E-state index contributed by atoms with van der Waals surface area (Å²) in [6.45, 7) is 0. The number of hydrogen-bond donors (Lipinski definition) is 2. The monoisotopic (exact) mass is 378 g/mol. The van der Waals surface area contributed by atoms with Gasteiger partial charge in [-0.15, -0.1) is 0 Å². The summed E-state index contributed by atoms with van der Waals surface area (Å²) in [6, 6.07) is 11.9. The van der Waals surface area contributed by atoms with E-state index >= 15 is 0 Å². The van der Waals surface area contributed by atoms with Crippen molar-refractivity contribution in [3.63, 3.8) is 0 Å². The molecule has 7 rings (SSSR count). The van der Waals surface area contributed by atoms with E-state index in [2.05, 4.69) is 35.6 Å². The minimum absolute atomic E-state index is 0.116. The molecule has 6 saturated carbocycles. The zero-order valence-corrected chi connectivity index (χ0v) is 17.0. The number of hydrogen-bond acceptors (Lipinski definition) is 2. The second kappa shape index (κ2) is 5.84. The summed E-state index contributed by atoms with van der Waals surface area (Å²) < 4.78 is 0. The molecule has 3 nitrogen and oxygen atoms in total. The first-order valence-electron chi connectivity index (χ1n) is 11.7. The van der Waals surface area contributed by atoms with Crippen LogP contribution in [0.4, 0.5) is 0 Å². The highest BCUT2D eigenvalue weighted by molar-refractivity contribution is 5.84. The Morgan fingerprint density at radius 3 is 2.18 bits per heavy atom. The van der Waals surface area contributed by atoms with E-state index in [0.717, 1.165) is 56.8 Å². The molecule has 1 spiro atoms. The van der Waals surface area contributed by atoms with Crippen molar-refractivity contribution in [3.8, 4) is 0 Å². The Bertz CT molecular complexity index is 757. The molecule has 0 radical (unpaired) electrons. The van der Waals surface area contributed by atoms with Crippen molar-refractivity contribution in [3.05, 3.63) is 35.9 Å². The molecular weight excluding hydrogens is 344 g/mol. The first kappa shape index (κ1) is 17.5. The molecular formula is C25H34N2O. The molecule has 3 heteroatoms. The number of nitrogens with two attached hydrogens (primary N) is 1. The highest BCUT2D eigenvalue weighted by Gasteiger charge is 2.71. The molecule has 6 aliphatic carbocycles. The van der Waals surface area contributed by atoms with Crippen LogP contribution in [0.3, 0.4) is 0 Å². The molecule has 1 amide bonds. The lowest BCUT2D eigenvalue weighted by Gasteiger charge is -2.65. The molecule has 3 N–H and O–H groups in total. The Hall–Kier alpha value is -1.35. The molecule has 4 bridgehead atoms. The molecule has 28 heavy (non-hydrogen) atoms. The average Bonchev–Trinajstić information content (AvgIpc) is 3.50. The van der Waals surface area contributed by atoms with E-state index in [9.17, 15) is 4.79 Å².